The van der Waals surface area contributed by atoms with Crippen molar-refractivity contribution in [3.8, 4) is 0 Å². The number of carbonyl (C=O) groups is 2. The number of hydrogen-bond donors (Lipinski definition) is 5. The van der Waals surface area contributed by atoms with Crippen LogP contribution in [-0.2, 0) is 51.9 Å². The zero-order valence-electron chi connectivity index (χ0n) is 32.0. The van der Waals surface area contributed by atoms with Gasteiger partial charge in [0.1, 0.15) is 6.54 Å². The molecule has 4 rings (SSSR count). The third-order valence-electron chi connectivity index (χ3n) is 10.1. The number of nitrogens with zero attached hydrogens (tertiary/aromatic N) is 2. The van der Waals surface area contributed by atoms with Gasteiger partial charge in [-0.3, -0.25) is 18.7 Å². The minimum Gasteiger partial charge on any atom is -0.481 e. The van der Waals surface area contributed by atoms with Crippen molar-refractivity contribution in [2.45, 2.75) is 94.9 Å². The summed E-state index contributed by atoms with van der Waals surface area (Å²) in [5, 5.41) is 20.9. The number of carboxylic acid groups (broad SMARTS) is 1. The Bertz CT molecular complexity index is 2050. The van der Waals surface area contributed by atoms with Gasteiger partial charge in [0.15, 0.2) is 5.71 Å². The molecule has 2 aliphatic rings. The highest BCUT2D eigenvalue weighted by molar-refractivity contribution is 7.86. The molecule has 1 amide bonds. The number of aliphatic hydroxyl groups excluding tert-OH is 1. The van der Waals surface area contributed by atoms with Crippen molar-refractivity contribution in [3.63, 3.8) is 0 Å². The first-order chi connectivity index (χ1) is 25.8. The molecule has 0 atom stereocenters. The molecule has 0 aromatic heterocycles. The number of benzene rings is 2. The monoisotopic (exact) mass is 804 g/mol. The minimum atomic E-state index is -4.45. The molecule has 2 aliphatic heterocycles. The van der Waals surface area contributed by atoms with Gasteiger partial charge < -0.3 is 25.2 Å². The van der Waals surface area contributed by atoms with Crippen LogP contribution in [0.3, 0.4) is 0 Å². The molecule has 2 heterocycles. The number of aliphatic carboxylic acids is 1. The Labute approximate surface area is 324 Å². The maximum Gasteiger partial charge on any atom is 0.303 e. The lowest BCUT2D eigenvalue weighted by atomic mass is 9.81. The molecule has 0 saturated carbocycles. The molecule has 302 valence electrons. The smallest absolute Gasteiger partial charge is 0.303 e. The highest BCUT2D eigenvalue weighted by Crippen LogP contribution is 2.48. The van der Waals surface area contributed by atoms with Gasteiger partial charge in [0.25, 0.3) is 20.2 Å². The number of carbonyl (C=O) groups excluding carboxylic acids is 1. The second-order valence-corrected chi connectivity index (χ2v) is 17.9. The Morgan fingerprint density at radius 2 is 1.64 bits per heavy atom. The molecule has 14 nitrogen and oxygen atoms in total. The summed E-state index contributed by atoms with van der Waals surface area (Å²) in [6, 6.07) is 10.4. The zero-order valence-corrected chi connectivity index (χ0v) is 33.6. The Balaban J connectivity index is 1.66. The topological polar surface area (TPSA) is 211 Å². The van der Waals surface area contributed by atoms with Gasteiger partial charge in [-0.25, -0.2) is 0 Å². The standard InChI is InChI=1S/C39H53N3O11S2/c1-38(2)30-25-28(27-40-36(44)18-23-53-22-10-21-43)14-16-32(30)42(20-9-24-54(47,48)49)34(38)11-8-12-35-39(3,4)31-26-29(55(50,51)52)15-17-33(31)41(35)19-7-5-6-13-37(45)46/h8,11-12,14-17,25-26,43H,5-7,9-10,13,18-24,27H2,1-4H3,(H3-,40,44,45,46,47,48,49,50,51,52)/p+1. The van der Waals surface area contributed by atoms with E-state index < -0.39 is 42.8 Å². The quantitative estimate of drug-likeness (QED) is 0.0650. The molecule has 55 heavy (non-hydrogen) atoms. The largest absolute Gasteiger partial charge is 0.481 e. The molecule has 0 radical (unpaired) electrons. The van der Waals surface area contributed by atoms with E-state index in [0.717, 1.165) is 39.5 Å². The normalized spacial score (nSPS) is 16.9. The predicted molar refractivity (Wildman–Crippen MR) is 209 cm³/mol. The first kappa shape index (κ1) is 43.8. The molecular formula is C39H54N3O11S2+. The van der Waals surface area contributed by atoms with E-state index in [1.54, 1.807) is 6.07 Å². The number of aliphatic hydroxyl groups is 1. The number of ether oxygens (including phenoxy) is 1. The number of amides is 1. The van der Waals surface area contributed by atoms with Gasteiger partial charge in [-0.05, 0) is 74.9 Å². The van der Waals surface area contributed by atoms with Crippen LogP contribution in [0.2, 0.25) is 0 Å². The average molecular weight is 805 g/mol. The van der Waals surface area contributed by atoms with Gasteiger partial charge in [-0.1, -0.05) is 32.1 Å². The Hall–Kier alpha value is -3.93. The lowest BCUT2D eigenvalue weighted by molar-refractivity contribution is -0.438. The molecule has 16 heteroatoms. The average Bonchev–Trinajstić information content (AvgIpc) is 3.43. The van der Waals surface area contributed by atoms with E-state index in [2.05, 4.69) is 23.7 Å². The maximum absolute atomic E-state index is 12.5. The fourth-order valence-corrected chi connectivity index (χ4v) is 8.21. The molecular weight excluding hydrogens is 751 g/mol. The van der Waals surface area contributed by atoms with E-state index in [1.807, 2.05) is 55.2 Å². The lowest BCUT2D eigenvalue weighted by Crippen LogP contribution is -2.29. The van der Waals surface area contributed by atoms with E-state index >= 15 is 0 Å². The number of hydrogen-bond acceptors (Lipinski definition) is 9. The number of nitrogens with one attached hydrogen (secondary N) is 1. The number of rotatable bonds is 21. The van der Waals surface area contributed by atoms with Crippen LogP contribution >= 0.6 is 0 Å². The van der Waals surface area contributed by atoms with Gasteiger partial charge in [-0.2, -0.15) is 21.4 Å². The van der Waals surface area contributed by atoms with Crippen LogP contribution in [0.25, 0.3) is 0 Å². The number of allylic oxidation sites excluding steroid dienone is 4. The summed E-state index contributed by atoms with van der Waals surface area (Å²) in [4.78, 5) is 25.3. The number of anilines is 1. The first-order valence-electron chi connectivity index (χ1n) is 18.5. The van der Waals surface area contributed by atoms with E-state index in [4.69, 9.17) is 14.9 Å². The molecule has 0 saturated heterocycles. The summed E-state index contributed by atoms with van der Waals surface area (Å²) in [6.45, 7) is 9.86. The molecule has 2 aromatic carbocycles. The molecule has 5 N–H and O–H groups in total. The summed E-state index contributed by atoms with van der Waals surface area (Å²) >= 11 is 0. The first-order valence-corrected chi connectivity index (χ1v) is 21.5. The number of fused-ring (bicyclic) bond motifs is 2. The van der Waals surface area contributed by atoms with Gasteiger partial charge in [0, 0.05) is 80.1 Å². The number of carboxylic acids is 1. The van der Waals surface area contributed by atoms with Crippen molar-refractivity contribution in [2.24, 2.45) is 0 Å². The summed E-state index contributed by atoms with van der Waals surface area (Å²) in [6.07, 6.45) is 8.66. The van der Waals surface area contributed by atoms with Crippen LogP contribution in [0.5, 0.6) is 0 Å². The van der Waals surface area contributed by atoms with Crippen LogP contribution in [-0.4, -0.2) is 97.0 Å². The summed E-state index contributed by atoms with van der Waals surface area (Å²) in [5.74, 6) is -1.43. The second kappa shape index (κ2) is 18.3. The Kier molecular flexibility index (Phi) is 14.6. The van der Waals surface area contributed by atoms with Crippen molar-refractivity contribution in [3.05, 3.63) is 77.0 Å². The van der Waals surface area contributed by atoms with Gasteiger partial charge in [0.05, 0.1) is 22.7 Å². The molecule has 0 aliphatic carbocycles. The van der Waals surface area contributed by atoms with Crippen LogP contribution in [0.1, 0.15) is 89.3 Å². The molecule has 0 fully saturated rings. The fraction of sp³-hybridized carbons (Fsp3) is 0.513. The minimum absolute atomic E-state index is 0.0264. The van der Waals surface area contributed by atoms with Crippen LogP contribution in [0, 0.1) is 0 Å². The van der Waals surface area contributed by atoms with Crippen LogP contribution in [0.4, 0.5) is 11.4 Å². The van der Waals surface area contributed by atoms with E-state index in [-0.39, 0.29) is 43.3 Å². The van der Waals surface area contributed by atoms with E-state index in [1.165, 1.54) is 12.1 Å². The SMILES string of the molecule is CC1(C)C(=CC=CC2=[N+](CCCCCC(=O)O)c3ccc(S(=O)(=O)O)cc3C2(C)C)N(CCCS(=O)(=O)O)c2ccc(CNC(=O)CCOCCCO)cc21. The summed E-state index contributed by atoms with van der Waals surface area (Å²) in [7, 11) is -8.64. The molecule has 2 aromatic rings. The van der Waals surface area contributed by atoms with Crippen molar-refractivity contribution in [2.75, 3.05) is 43.6 Å². The highest BCUT2D eigenvalue weighted by Gasteiger charge is 2.45. The van der Waals surface area contributed by atoms with Gasteiger partial charge >= 0.3 is 5.97 Å². The Morgan fingerprint density at radius 1 is 0.891 bits per heavy atom. The fourth-order valence-electron chi connectivity index (χ4n) is 7.21. The Morgan fingerprint density at radius 3 is 2.31 bits per heavy atom. The molecule has 0 unspecified atom stereocenters. The predicted octanol–water partition coefficient (Wildman–Crippen LogP) is 4.88. The van der Waals surface area contributed by atoms with Crippen molar-refractivity contribution < 1.29 is 55.1 Å². The summed E-state index contributed by atoms with van der Waals surface area (Å²) in [5.41, 5.74) is 4.72. The van der Waals surface area contributed by atoms with E-state index in [0.29, 0.717) is 51.9 Å². The van der Waals surface area contributed by atoms with Gasteiger partial charge in [-0.15, -0.1) is 0 Å². The molecule has 0 bridgehead atoms. The van der Waals surface area contributed by atoms with Gasteiger partial charge in [0.2, 0.25) is 11.6 Å². The number of unbranched alkanes of at least 4 members (excludes halogenated alkanes) is 2. The third-order valence-corrected chi connectivity index (χ3v) is 11.7. The third kappa shape index (κ3) is 11.3. The lowest BCUT2D eigenvalue weighted by Gasteiger charge is -2.27. The van der Waals surface area contributed by atoms with Crippen LogP contribution < -0.4 is 10.2 Å². The second-order valence-electron chi connectivity index (χ2n) is 14.9. The molecule has 0 spiro atoms. The summed E-state index contributed by atoms with van der Waals surface area (Å²) < 4.78 is 74.2. The van der Waals surface area contributed by atoms with Crippen molar-refractivity contribution >= 4 is 49.2 Å². The highest BCUT2D eigenvalue weighted by atomic mass is 32.2. The van der Waals surface area contributed by atoms with Crippen molar-refractivity contribution in [1.82, 2.24) is 5.32 Å². The van der Waals surface area contributed by atoms with Crippen LogP contribution in [0.15, 0.2) is 65.2 Å². The van der Waals surface area contributed by atoms with E-state index in [9.17, 15) is 35.5 Å². The zero-order chi connectivity index (χ0) is 40.6. The van der Waals surface area contributed by atoms with Crippen molar-refractivity contribution in [1.29, 1.82) is 0 Å². The maximum atomic E-state index is 12.5.